The highest BCUT2D eigenvalue weighted by Gasteiger charge is 2.20. The zero-order valence-electron chi connectivity index (χ0n) is 12.1. The second kappa shape index (κ2) is 6.32. The van der Waals surface area contributed by atoms with Crippen molar-refractivity contribution < 1.29 is 0 Å². The van der Waals surface area contributed by atoms with Crippen molar-refractivity contribution in [3.63, 3.8) is 0 Å². The van der Waals surface area contributed by atoms with Crippen LogP contribution in [0.5, 0.6) is 0 Å². The topological polar surface area (TPSA) is 64.1 Å². The summed E-state index contributed by atoms with van der Waals surface area (Å²) in [6, 6.07) is 6.73. The molecule has 1 rings (SSSR count). The molecule has 0 fully saturated rings. The lowest BCUT2D eigenvalue weighted by molar-refractivity contribution is 0.453. The lowest BCUT2D eigenvalue weighted by Gasteiger charge is -2.27. The maximum Gasteiger partial charge on any atom is 0.0290 e. The lowest BCUT2D eigenvalue weighted by Crippen LogP contribution is -2.43. The monoisotopic (exact) mass is 249 g/mol. The van der Waals surface area contributed by atoms with Gasteiger partial charge in [-0.3, -0.25) is 0 Å². The molecule has 0 saturated heterocycles. The van der Waals surface area contributed by atoms with Crippen molar-refractivity contribution in [1.82, 2.24) is 5.32 Å². The van der Waals surface area contributed by atoms with E-state index in [1.165, 1.54) is 16.7 Å². The van der Waals surface area contributed by atoms with Gasteiger partial charge in [0.2, 0.25) is 0 Å². The molecule has 5 N–H and O–H groups in total. The van der Waals surface area contributed by atoms with Crippen LogP contribution >= 0.6 is 0 Å². The molecule has 0 aliphatic carbocycles. The Morgan fingerprint density at radius 3 is 2.44 bits per heavy atom. The van der Waals surface area contributed by atoms with Crippen LogP contribution in [-0.2, 0) is 5.41 Å². The summed E-state index contributed by atoms with van der Waals surface area (Å²) >= 11 is 0. The Bertz CT molecular complexity index is 385. The highest BCUT2D eigenvalue weighted by Crippen LogP contribution is 2.24. The van der Waals surface area contributed by atoms with Gasteiger partial charge in [-0.05, 0) is 30.5 Å². The van der Waals surface area contributed by atoms with Crippen LogP contribution in [0.15, 0.2) is 18.2 Å². The first kappa shape index (κ1) is 15.2. The molecule has 3 nitrogen and oxygen atoms in total. The average Bonchev–Trinajstić information content (AvgIpc) is 2.32. The number of hydrogen-bond donors (Lipinski definition) is 3. The van der Waals surface area contributed by atoms with Crippen LogP contribution in [0, 0.1) is 13.8 Å². The maximum atomic E-state index is 5.80. The minimum absolute atomic E-state index is 0.0422. The van der Waals surface area contributed by atoms with Gasteiger partial charge in [0.05, 0.1) is 0 Å². The minimum Gasteiger partial charge on any atom is -0.329 e. The van der Waals surface area contributed by atoms with E-state index in [1.807, 2.05) is 0 Å². The van der Waals surface area contributed by atoms with Crippen LogP contribution in [0.2, 0.25) is 0 Å². The molecule has 0 saturated carbocycles. The van der Waals surface area contributed by atoms with Crippen molar-refractivity contribution in [3.05, 3.63) is 34.9 Å². The molecule has 0 bridgehead atoms. The molecule has 3 heteroatoms. The molecule has 1 unspecified atom stereocenters. The van der Waals surface area contributed by atoms with Crippen LogP contribution in [-0.4, -0.2) is 25.7 Å². The highest BCUT2D eigenvalue weighted by molar-refractivity contribution is 5.34. The first-order valence-electron chi connectivity index (χ1n) is 6.61. The molecule has 0 radical (unpaired) electrons. The molecule has 0 spiro atoms. The van der Waals surface area contributed by atoms with Crippen LogP contribution < -0.4 is 16.8 Å². The summed E-state index contributed by atoms with van der Waals surface area (Å²) in [5.41, 5.74) is 15.5. The maximum absolute atomic E-state index is 5.80. The van der Waals surface area contributed by atoms with E-state index in [2.05, 4.69) is 51.2 Å². The highest BCUT2D eigenvalue weighted by atomic mass is 14.9. The van der Waals surface area contributed by atoms with Gasteiger partial charge in [-0.25, -0.2) is 0 Å². The molecule has 0 aliphatic rings. The van der Waals surface area contributed by atoms with Gasteiger partial charge < -0.3 is 16.8 Å². The van der Waals surface area contributed by atoms with Crippen LogP contribution in [0.4, 0.5) is 0 Å². The number of aryl methyl sites for hydroxylation is 2. The van der Waals surface area contributed by atoms with Gasteiger partial charge in [0.25, 0.3) is 0 Å². The summed E-state index contributed by atoms with van der Waals surface area (Å²) in [6.07, 6.45) is 0. The zero-order valence-corrected chi connectivity index (χ0v) is 12.1. The van der Waals surface area contributed by atoms with Crippen molar-refractivity contribution >= 4 is 0 Å². The van der Waals surface area contributed by atoms with E-state index in [0.29, 0.717) is 6.54 Å². The van der Waals surface area contributed by atoms with Crippen molar-refractivity contribution in [3.8, 4) is 0 Å². The fourth-order valence-electron chi connectivity index (χ4n) is 1.92. The quantitative estimate of drug-likeness (QED) is 0.715. The number of benzene rings is 1. The first-order valence-corrected chi connectivity index (χ1v) is 6.61. The van der Waals surface area contributed by atoms with E-state index in [-0.39, 0.29) is 11.5 Å². The van der Waals surface area contributed by atoms with Crippen LogP contribution in [0.1, 0.15) is 30.5 Å². The smallest absolute Gasteiger partial charge is 0.0290 e. The molecular weight excluding hydrogens is 222 g/mol. The van der Waals surface area contributed by atoms with E-state index < -0.39 is 0 Å². The van der Waals surface area contributed by atoms with Gasteiger partial charge in [0.15, 0.2) is 0 Å². The fraction of sp³-hybridized carbons (Fsp3) is 0.600. The summed E-state index contributed by atoms with van der Waals surface area (Å²) < 4.78 is 0. The lowest BCUT2D eigenvalue weighted by atomic mass is 9.83. The molecule has 18 heavy (non-hydrogen) atoms. The normalized spacial score (nSPS) is 13.7. The van der Waals surface area contributed by atoms with E-state index in [9.17, 15) is 0 Å². The Kier molecular flexibility index (Phi) is 5.32. The molecule has 102 valence electrons. The molecule has 0 amide bonds. The predicted octanol–water partition coefficient (Wildman–Crippen LogP) is 1.46. The second-order valence-electron chi connectivity index (χ2n) is 5.81. The number of nitrogens with two attached hydrogens (primary N) is 2. The zero-order chi connectivity index (χ0) is 13.8. The van der Waals surface area contributed by atoms with Crippen molar-refractivity contribution in [2.24, 2.45) is 11.5 Å². The van der Waals surface area contributed by atoms with Gasteiger partial charge in [-0.2, -0.15) is 0 Å². The molecule has 0 aromatic heterocycles. The molecular formula is C15H27N3. The van der Waals surface area contributed by atoms with Crippen molar-refractivity contribution in [2.75, 3.05) is 19.6 Å². The summed E-state index contributed by atoms with van der Waals surface area (Å²) in [5.74, 6) is 0. The van der Waals surface area contributed by atoms with Gasteiger partial charge in [0, 0.05) is 31.1 Å². The summed E-state index contributed by atoms with van der Waals surface area (Å²) in [5, 5.41) is 3.40. The molecule has 0 aliphatic heterocycles. The fourth-order valence-corrected chi connectivity index (χ4v) is 1.92. The number of rotatable bonds is 6. The van der Waals surface area contributed by atoms with E-state index in [1.54, 1.807) is 0 Å². The standard InChI is InChI=1S/C15H27N3/c1-11-5-6-13(7-12(11)2)15(3,4)10-18-9-14(17)8-16/h5-7,14,18H,8-10,16-17H2,1-4H3. The van der Waals surface area contributed by atoms with E-state index in [0.717, 1.165) is 13.1 Å². The number of nitrogens with one attached hydrogen (secondary N) is 1. The van der Waals surface area contributed by atoms with Crippen molar-refractivity contribution in [2.45, 2.75) is 39.2 Å². The summed E-state index contributed by atoms with van der Waals surface area (Å²) in [4.78, 5) is 0. The third-order valence-corrected chi connectivity index (χ3v) is 3.56. The second-order valence-corrected chi connectivity index (χ2v) is 5.81. The van der Waals surface area contributed by atoms with Crippen LogP contribution in [0.25, 0.3) is 0 Å². The Labute approximate surface area is 111 Å². The predicted molar refractivity (Wildman–Crippen MR) is 78.8 cm³/mol. The number of hydrogen-bond acceptors (Lipinski definition) is 3. The molecule has 1 aromatic carbocycles. The van der Waals surface area contributed by atoms with Crippen molar-refractivity contribution in [1.29, 1.82) is 0 Å². The third-order valence-electron chi connectivity index (χ3n) is 3.56. The molecule has 0 heterocycles. The Hall–Kier alpha value is -0.900. The molecule has 1 atom stereocenters. The Balaban J connectivity index is 2.64. The Morgan fingerprint density at radius 1 is 1.22 bits per heavy atom. The van der Waals surface area contributed by atoms with Gasteiger partial charge >= 0.3 is 0 Å². The van der Waals surface area contributed by atoms with Gasteiger partial charge in [-0.15, -0.1) is 0 Å². The third kappa shape index (κ3) is 4.09. The average molecular weight is 249 g/mol. The summed E-state index contributed by atoms with van der Waals surface area (Å²) in [7, 11) is 0. The molecule has 1 aromatic rings. The van der Waals surface area contributed by atoms with E-state index in [4.69, 9.17) is 11.5 Å². The Morgan fingerprint density at radius 2 is 1.89 bits per heavy atom. The largest absolute Gasteiger partial charge is 0.329 e. The first-order chi connectivity index (χ1) is 8.36. The van der Waals surface area contributed by atoms with Gasteiger partial charge in [-0.1, -0.05) is 32.0 Å². The van der Waals surface area contributed by atoms with Gasteiger partial charge in [0.1, 0.15) is 0 Å². The van der Waals surface area contributed by atoms with E-state index >= 15 is 0 Å². The summed E-state index contributed by atoms with van der Waals surface area (Å²) in [6.45, 7) is 11.0. The van der Waals surface area contributed by atoms with Crippen LogP contribution in [0.3, 0.4) is 0 Å². The minimum atomic E-state index is 0.0422. The SMILES string of the molecule is Cc1ccc(C(C)(C)CNCC(N)CN)cc1C.